The molecule has 1 unspecified atom stereocenters. The van der Waals surface area contributed by atoms with Crippen LogP contribution in [-0.4, -0.2) is 4.57 Å². The minimum atomic E-state index is -0.282. The van der Waals surface area contributed by atoms with Gasteiger partial charge in [-0.2, -0.15) is 0 Å². The molecule has 0 saturated heterocycles. The van der Waals surface area contributed by atoms with E-state index in [9.17, 15) is 4.39 Å². The monoisotopic (exact) mass is 280 g/mol. The van der Waals surface area contributed by atoms with Crippen LogP contribution in [0.4, 0.5) is 4.39 Å². The summed E-state index contributed by atoms with van der Waals surface area (Å²) in [5.41, 5.74) is 7.65. The second-order valence-electron chi connectivity index (χ2n) is 5.09. The summed E-state index contributed by atoms with van der Waals surface area (Å²) in [6, 6.07) is 6.70. The molecular weight excluding hydrogens is 263 g/mol. The van der Waals surface area contributed by atoms with Gasteiger partial charge < -0.3 is 10.3 Å². The Bertz CT molecular complexity index is 543. The Morgan fingerprint density at radius 2 is 2.05 bits per heavy atom. The molecule has 0 fully saturated rings. The summed E-state index contributed by atoms with van der Waals surface area (Å²) in [7, 11) is 0. The Morgan fingerprint density at radius 3 is 2.68 bits per heavy atom. The van der Waals surface area contributed by atoms with Gasteiger partial charge in [-0.05, 0) is 29.7 Å². The van der Waals surface area contributed by atoms with Gasteiger partial charge in [0.1, 0.15) is 5.82 Å². The molecule has 0 radical (unpaired) electrons. The summed E-state index contributed by atoms with van der Waals surface area (Å²) in [6.45, 7) is 4.57. The molecule has 0 spiro atoms. The van der Waals surface area contributed by atoms with Gasteiger partial charge in [-0.25, -0.2) is 4.39 Å². The van der Waals surface area contributed by atoms with E-state index in [2.05, 4.69) is 13.8 Å². The van der Waals surface area contributed by atoms with Gasteiger partial charge in [0.2, 0.25) is 0 Å². The highest BCUT2D eigenvalue weighted by Crippen LogP contribution is 2.22. The molecule has 0 aliphatic carbocycles. The fourth-order valence-corrected chi connectivity index (χ4v) is 2.23. The molecule has 0 saturated carbocycles. The number of hydrogen-bond donors (Lipinski definition) is 1. The van der Waals surface area contributed by atoms with Gasteiger partial charge in [-0.1, -0.05) is 31.5 Å². The quantitative estimate of drug-likeness (QED) is 0.902. The van der Waals surface area contributed by atoms with Crippen LogP contribution in [0.25, 0.3) is 0 Å². The zero-order chi connectivity index (χ0) is 14.0. The lowest BCUT2D eigenvalue weighted by atomic mass is 10.00. The highest BCUT2D eigenvalue weighted by atomic mass is 35.5. The average molecular weight is 281 g/mol. The zero-order valence-electron chi connectivity index (χ0n) is 11.1. The summed E-state index contributed by atoms with van der Waals surface area (Å²) in [6.07, 6.45) is 3.85. The molecule has 19 heavy (non-hydrogen) atoms. The standard InChI is InChI=1S/C15H18ClFN2/c1-10(2)15(18)11-6-7-19(8-11)9-12-13(16)4-3-5-14(12)17/h3-8,10,15H,9,18H2,1-2H3. The van der Waals surface area contributed by atoms with Gasteiger partial charge in [0.15, 0.2) is 0 Å². The SMILES string of the molecule is CC(C)C(N)c1ccn(Cc2c(F)cccc2Cl)c1. The second kappa shape index (κ2) is 5.76. The van der Waals surface area contributed by atoms with Crippen molar-refractivity contribution in [2.24, 2.45) is 11.7 Å². The van der Waals surface area contributed by atoms with Crippen molar-refractivity contribution in [2.75, 3.05) is 0 Å². The molecule has 0 aliphatic heterocycles. The van der Waals surface area contributed by atoms with Gasteiger partial charge in [-0.15, -0.1) is 0 Å². The van der Waals surface area contributed by atoms with Crippen molar-refractivity contribution in [3.8, 4) is 0 Å². The molecule has 1 heterocycles. The third-order valence-electron chi connectivity index (χ3n) is 3.28. The van der Waals surface area contributed by atoms with E-state index in [1.165, 1.54) is 6.07 Å². The van der Waals surface area contributed by atoms with Crippen molar-refractivity contribution in [1.82, 2.24) is 4.57 Å². The fourth-order valence-electron chi connectivity index (χ4n) is 2.01. The molecule has 0 aliphatic rings. The van der Waals surface area contributed by atoms with Crippen LogP contribution in [-0.2, 0) is 6.54 Å². The predicted octanol–water partition coefficient (Wildman–Crippen LogP) is 3.98. The van der Waals surface area contributed by atoms with Crippen LogP contribution >= 0.6 is 11.6 Å². The Balaban J connectivity index is 2.21. The molecular formula is C15H18ClFN2. The third-order valence-corrected chi connectivity index (χ3v) is 3.63. The van der Waals surface area contributed by atoms with Crippen molar-refractivity contribution in [1.29, 1.82) is 0 Å². The third kappa shape index (κ3) is 3.17. The van der Waals surface area contributed by atoms with E-state index in [0.29, 0.717) is 23.0 Å². The molecule has 1 aromatic heterocycles. The average Bonchev–Trinajstić information content (AvgIpc) is 2.81. The van der Waals surface area contributed by atoms with Crippen LogP contribution in [0.1, 0.15) is 31.0 Å². The molecule has 2 nitrogen and oxygen atoms in total. The molecule has 4 heteroatoms. The second-order valence-corrected chi connectivity index (χ2v) is 5.49. The number of halogens is 2. The Labute approximate surface area is 118 Å². The van der Waals surface area contributed by atoms with Crippen molar-refractivity contribution in [3.63, 3.8) is 0 Å². The van der Waals surface area contributed by atoms with Crippen LogP contribution in [0.5, 0.6) is 0 Å². The normalized spacial score (nSPS) is 12.9. The molecule has 2 N–H and O–H groups in total. The largest absolute Gasteiger partial charge is 0.349 e. The van der Waals surface area contributed by atoms with Crippen molar-refractivity contribution < 1.29 is 4.39 Å². The number of rotatable bonds is 4. The van der Waals surface area contributed by atoms with Crippen LogP contribution in [0.3, 0.4) is 0 Å². The van der Waals surface area contributed by atoms with Crippen molar-refractivity contribution >= 4 is 11.6 Å². The van der Waals surface area contributed by atoms with Gasteiger partial charge in [0.05, 0.1) is 6.54 Å². The smallest absolute Gasteiger partial charge is 0.129 e. The van der Waals surface area contributed by atoms with E-state index in [4.69, 9.17) is 17.3 Å². The van der Waals surface area contributed by atoms with E-state index in [-0.39, 0.29) is 11.9 Å². The minimum absolute atomic E-state index is 0.00246. The minimum Gasteiger partial charge on any atom is -0.349 e. The van der Waals surface area contributed by atoms with Crippen LogP contribution in [0, 0.1) is 11.7 Å². The van der Waals surface area contributed by atoms with Crippen molar-refractivity contribution in [2.45, 2.75) is 26.4 Å². The maximum atomic E-state index is 13.7. The van der Waals surface area contributed by atoms with Gasteiger partial charge >= 0.3 is 0 Å². The van der Waals surface area contributed by atoms with E-state index < -0.39 is 0 Å². The van der Waals surface area contributed by atoms with E-state index in [1.807, 2.05) is 23.0 Å². The predicted molar refractivity (Wildman–Crippen MR) is 76.7 cm³/mol. The maximum absolute atomic E-state index is 13.7. The Morgan fingerprint density at radius 1 is 1.32 bits per heavy atom. The first kappa shape index (κ1) is 14.1. The maximum Gasteiger partial charge on any atom is 0.129 e. The highest BCUT2D eigenvalue weighted by molar-refractivity contribution is 6.31. The number of aromatic nitrogens is 1. The molecule has 2 rings (SSSR count). The summed E-state index contributed by atoms with van der Waals surface area (Å²) in [5, 5.41) is 0.448. The van der Waals surface area contributed by atoms with Gasteiger partial charge in [-0.3, -0.25) is 0 Å². The van der Waals surface area contributed by atoms with Gasteiger partial charge in [0, 0.05) is 29.0 Å². The summed E-state index contributed by atoms with van der Waals surface area (Å²) in [5.74, 6) is 0.0869. The summed E-state index contributed by atoms with van der Waals surface area (Å²) in [4.78, 5) is 0. The molecule has 1 aromatic carbocycles. The summed E-state index contributed by atoms with van der Waals surface area (Å²) < 4.78 is 15.6. The lowest BCUT2D eigenvalue weighted by Crippen LogP contribution is -2.16. The molecule has 0 amide bonds. The lowest BCUT2D eigenvalue weighted by Gasteiger charge is -2.13. The zero-order valence-corrected chi connectivity index (χ0v) is 11.9. The fraction of sp³-hybridized carbons (Fsp3) is 0.333. The first-order valence-corrected chi connectivity index (χ1v) is 6.71. The van der Waals surface area contributed by atoms with Gasteiger partial charge in [0.25, 0.3) is 0 Å². The van der Waals surface area contributed by atoms with Crippen molar-refractivity contribution in [3.05, 3.63) is 58.6 Å². The highest BCUT2D eigenvalue weighted by Gasteiger charge is 2.13. The molecule has 0 bridgehead atoms. The van der Waals surface area contributed by atoms with E-state index in [1.54, 1.807) is 12.1 Å². The first-order valence-electron chi connectivity index (χ1n) is 6.33. The number of hydrogen-bond acceptors (Lipinski definition) is 1. The van der Waals surface area contributed by atoms with Crippen LogP contribution in [0.2, 0.25) is 5.02 Å². The van der Waals surface area contributed by atoms with E-state index >= 15 is 0 Å². The molecule has 1 atom stereocenters. The van der Waals surface area contributed by atoms with Crippen LogP contribution in [0.15, 0.2) is 36.7 Å². The molecule has 2 aromatic rings. The molecule has 102 valence electrons. The number of benzene rings is 1. The summed E-state index contributed by atoms with van der Waals surface area (Å²) >= 11 is 6.02. The number of nitrogens with zero attached hydrogens (tertiary/aromatic N) is 1. The first-order chi connectivity index (χ1) is 8.99. The number of nitrogens with two attached hydrogens (primary N) is 1. The topological polar surface area (TPSA) is 30.9 Å². The Hall–Kier alpha value is -1.32. The lowest BCUT2D eigenvalue weighted by molar-refractivity contribution is 0.513. The van der Waals surface area contributed by atoms with Crippen LogP contribution < -0.4 is 5.73 Å². The van der Waals surface area contributed by atoms with E-state index in [0.717, 1.165) is 5.56 Å². The Kier molecular flexibility index (Phi) is 4.27.